The van der Waals surface area contributed by atoms with Crippen molar-refractivity contribution in [3.8, 4) is 0 Å². The minimum absolute atomic E-state index is 0.118. The lowest BCUT2D eigenvalue weighted by atomic mass is 9.82. The van der Waals surface area contributed by atoms with Crippen molar-refractivity contribution in [2.75, 3.05) is 11.5 Å². The number of hydrogen-bond donors (Lipinski definition) is 1. The fourth-order valence-corrected chi connectivity index (χ4v) is 7.89. The van der Waals surface area contributed by atoms with Crippen LogP contribution in [-0.2, 0) is 15.1 Å². The molecule has 0 radical (unpaired) electrons. The van der Waals surface area contributed by atoms with Gasteiger partial charge in [-0.05, 0) is 49.8 Å². The highest BCUT2D eigenvalue weighted by Gasteiger charge is 2.66. The van der Waals surface area contributed by atoms with Crippen molar-refractivity contribution in [1.82, 2.24) is 0 Å². The summed E-state index contributed by atoms with van der Waals surface area (Å²) in [5, 5.41) is 10.1. The first-order valence-electron chi connectivity index (χ1n) is 9.89. The molecule has 1 saturated heterocycles. The summed E-state index contributed by atoms with van der Waals surface area (Å²) < 4.78 is 21.8. The van der Waals surface area contributed by atoms with Crippen LogP contribution in [0.4, 0.5) is 15.5 Å². The van der Waals surface area contributed by atoms with Crippen LogP contribution in [0, 0.1) is 5.92 Å². The van der Waals surface area contributed by atoms with Gasteiger partial charge in [0.1, 0.15) is 0 Å². The maximum absolute atomic E-state index is 15.4. The first-order valence-corrected chi connectivity index (χ1v) is 13.2. The molecule has 7 heteroatoms. The van der Waals surface area contributed by atoms with Crippen molar-refractivity contribution >= 4 is 37.3 Å². The number of rotatable bonds is 4. The Balaban J connectivity index is 1.92. The van der Waals surface area contributed by atoms with Gasteiger partial charge >= 0.3 is 0 Å². The van der Waals surface area contributed by atoms with E-state index in [9.17, 15) is 9.90 Å². The number of fused-ring (bicyclic) bond motifs is 2. The first kappa shape index (κ1) is 20.5. The van der Waals surface area contributed by atoms with E-state index in [1.807, 2.05) is 43.3 Å². The molecule has 1 spiro atoms. The third kappa shape index (κ3) is 3.05. The van der Waals surface area contributed by atoms with Crippen molar-refractivity contribution in [1.29, 1.82) is 0 Å². The number of carbonyl (C=O) groups excluding carboxylic acids is 1. The summed E-state index contributed by atoms with van der Waals surface area (Å²) in [6, 6.07) is 14.7. The molecule has 2 heterocycles. The van der Waals surface area contributed by atoms with Crippen LogP contribution in [0.2, 0.25) is 23.7 Å². The number of carbonyl (C=O) groups is 1. The minimum atomic E-state index is -3.19. The van der Waals surface area contributed by atoms with Crippen LogP contribution in [0.5, 0.6) is 0 Å². The molecule has 2 aromatic rings. The summed E-state index contributed by atoms with van der Waals surface area (Å²) in [6.45, 7) is 5.07. The molecule has 1 amide bonds. The van der Waals surface area contributed by atoms with Crippen molar-refractivity contribution in [3.63, 3.8) is 0 Å². The second-order valence-electron chi connectivity index (χ2n) is 8.42. The molecule has 0 saturated carbocycles. The van der Waals surface area contributed by atoms with Gasteiger partial charge < -0.3 is 14.0 Å². The largest absolute Gasteiger partial charge is 0.396 e. The predicted octanol–water partition coefficient (Wildman–Crippen LogP) is 5.18. The number of anilines is 2. The van der Waals surface area contributed by atoms with Gasteiger partial charge in [0.2, 0.25) is 8.41 Å². The Morgan fingerprint density at radius 2 is 1.93 bits per heavy atom. The van der Waals surface area contributed by atoms with Crippen LogP contribution in [0.3, 0.4) is 0 Å². The lowest BCUT2D eigenvalue weighted by molar-refractivity contribution is -0.145. The van der Waals surface area contributed by atoms with Gasteiger partial charge in [0.05, 0.1) is 11.8 Å². The van der Waals surface area contributed by atoms with Gasteiger partial charge in [-0.25, -0.2) is 0 Å². The number of ether oxygens (including phenoxy) is 1. The Morgan fingerprint density at radius 1 is 1.24 bits per heavy atom. The van der Waals surface area contributed by atoms with E-state index in [0.29, 0.717) is 22.7 Å². The van der Waals surface area contributed by atoms with Gasteiger partial charge in [-0.1, -0.05) is 36.7 Å². The Morgan fingerprint density at radius 3 is 2.55 bits per heavy atom. The van der Waals surface area contributed by atoms with E-state index in [2.05, 4.69) is 0 Å². The Kier molecular flexibility index (Phi) is 5.10. The quantitative estimate of drug-likeness (QED) is 0.534. The van der Waals surface area contributed by atoms with Gasteiger partial charge in [0, 0.05) is 34.3 Å². The maximum atomic E-state index is 15.4. The fourth-order valence-electron chi connectivity index (χ4n) is 5.18. The third-order valence-electron chi connectivity index (χ3n) is 6.26. The molecule has 154 valence electrons. The van der Waals surface area contributed by atoms with Crippen molar-refractivity contribution in [2.45, 2.75) is 43.7 Å². The number of para-hydroxylation sites is 1. The highest BCUT2D eigenvalue weighted by molar-refractivity contribution is 6.72. The predicted molar refractivity (Wildman–Crippen MR) is 115 cm³/mol. The van der Waals surface area contributed by atoms with Crippen LogP contribution in [0.25, 0.3) is 0 Å². The van der Waals surface area contributed by atoms with Crippen molar-refractivity contribution < 1.29 is 18.7 Å². The number of nitrogens with zero attached hydrogens (tertiary/aromatic N) is 1. The Labute approximate surface area is 176 Å². The summed E-state index contributed by atoms with van der Waals surface area (Å²) in [7, 11) is -3.19. The molecule has 1 fully saturated rings. The number of benzene rings is 2. The van der Waals surface area contributed by atoms with E-state index in [4.69, 9.17) is 16.3 Å². The molecule has 4 rings (SSSR count). The zero-order chi connectivity index (χ0) is 21.0. The monoisotopic (exact) mass is 433 g/mol. The summed E-state index contributed by atoms with van der Waals surface area (Å²) >= 11 is 6.31. The van der Waals surface area contributed by atoms with Gasteiger partial charge in [0.25, 0.3) is 5.91 Å². The zero-order valence-electron chi connectivity index (χ0n) is 16.7. The highest BCUT2D eigenvalue weighted by Crippen LogP contribution is 2.61. The first-order chi connectivity index (χ1) is 13.7. The number of aliphatic hydroxyl groups is 1. The molecule has 4 nitrogen and oxygen atoms in total. The second kappa shape index (κ2) is 7.20. The Hall–Kier alpha value is -1.73. The molecule has 1 N–H and O–H groups in total. The van der Waals surface area contributed by atoms with E-state index in [0.717, 1.165) is 5.69 Å². The Bertz CT molecular complexity index is 935. The van der Waals surface area contributed by atoms with Gasteiger partial charge in [-0.15, -0.1) is 0 Å². The number of aliphatic hydroxyl groups excluding tert-OH is 1. The second-order valence-corrected chi connectivity index (χ2v) is 12.7. The summed E-state index contributed by atoms with van der Waals surface area (Å²) in [6.07, 6.45) is -0.223. The number of amides is 1. The van der Waals surface area contributed by atoms with E-state index >= 15 is 4.11 Å². The van der Waals surface area contributed by atoms with Crippen molar-refractivity contribution in [3.05, 3.63) is 59.1 Å². The average Bonchev–Trinajstić information content (AvgIpc) is 3.09. The SMILES string of the molecule is C[C@@H]1[C@@H]([Si](C)(C)F)[C@H](CCO)O[C@@]12C(=O)N(c1ccccc1)c1ccc(Cl)cc12. The highest BCUT2D eigenvalue weighted by atomic mass is 35.5. The van der Waals surface area contributed by atoms with E-state index in [1.54, 1.807) is 30.1 Å². The molecule has 2 aliphatic heterocycles. The molecule has 0 aliphatic carbocycles. The zero-order valence-corrected chi connectivity index (χ0v) is 18.5. The lowest BCUT2D eigenvalue weighted by Gasteiger charge is -2.31. The van der Waals surface area contributed by atoms with Gasteiger partial charge in [-0.2, -0.15) is 0 Å². The maximum Gasteiger partial charge on any atom is 0.268 e. The molecule has 0 unspecified atom stereocenters. The molecular weight excluding hydrogens is 409 g/mol. The number of hydrogen-bond acceptors (Lipinski definition) is 3. The summed E-state index contributed by atoms with van der Waals surface area (Å²) in [4.78, 5) is 15.6. The normalized spacial score (nSPS) is 29.0. The van der Waals surface area contributed by atoms with E-state index in [-0.39, 0.29) is 18.4 Å². The van der Waals surface area contributed by atoms with Gasteiger partial charge in [-0.3, -0.25) is 9.69 Å². The van der Waals surface area contributed by atoms with E-state index < -0.39 is 25.7 Å². The van der Waals surface area contributed by atoms with Gasteiger partial charge in [0.15, 0.2) is 5.60 Å². The minimum Gasteiger partial charge on any atom is -0.396 e. The third-order valence-corrected chi connectivity index (χ3v) is 8.95. The fraction of sp³-hybridized carbons (Fsp3) is 0.409. The number of halogens is 2. The average molecular weight is 434 g/mol. The van der Waals surface area contributed by atoms with Crippen molar-refractivity contribution in [2.24, 2.45) is 5.92 Å². The standard InChI is InChI=1S/C22H25ClFNO3Si/c1-14-20(29(2,3)24)19(11-12-26)28-22(14)17-13-15(23)9-10-18(17)25(21(22)27)16-7-5-4-6-8-16/h4-10,13-14,19-20,26H,11-12H2,1-3H3/t14-,19+,20-,22+/m1/s1. The molecule has 2 aromatic carbocycles. The smallest absolute Gasteiger partial charge is 0.268 e. The topological polar surface area (TPSA) is 49.8 Å². The molecular formula is C22H25ClFNO3Si. The molecule has 0 bridgehead atoms. The molecule has 0 aromatic heterocycles. The lowest BCUT2D eigenvalue weighted by Crippen LogP contribution is -2.44. The summed E-state index contributed by atoms with van der Waals surface area (Å²) in [5.74, 6) is -0.610. The molecule has 4 atom stereocenters. The van der Waals surface area contributed by atoms with Crippen LogP contribution in [0.15, 0.2) is 48.5 Å². The van der Waals surface area contributed by atoms with Crippen LogP contribution >= 0.6 is 11.6 Å². The van der Waals surface area contributed by atoms with Crippen LogP contribution < -0.4 is 4.90 Å². The van der Waals surface area contributed by atoms with Crippen LogP contribution in [-0.4, -0.2) is 32.1 Å². The molecule has 2 aliphatic rings. The van der Waals surface area contributed by atoms with Crippen LogP contribution in [0.1, 0.15) is 18.9 Å². The van der Waals surface area contributed by atoms with E-state index in [1.165, 1.54) is 0 Å². The molecule has 29 heavy (non-hydrogen) atoms. The summed E-state index contributed by atoms with van der Waals surface area (Å²) in [5.41, 5.74) is 0.389.